The van der Waals surface area contributed by atoms with E-state index in [2.05, 4.69) is 0 Å². The number of carbonyl (C=O) groups is 2. The number of hydrogen-bond acceptors (Lipinski definition) is 2. The van der Waals surface area contributed by atoms with Crippen molar-refractivity contribution in [3.05, 3.63) is 0 Å². The Morgan fingerprint density at radius 2 is 1.20 bits per heavy atom. The molecule has 0 N–H and O–H groups in total. The van der Waals surface area contributed by atoms with Crippen molar-refractivity contribution in [2.75, 3.05) is 0 Å². The third-order valence-electron chi connectivity index (χ3n) is 0.0556. The molecule has 0 aromatic carbocycles. The summed E-state index contributed by atoms with van der Waals surface area (Å²) >= 11 is 0. The van der Waals surface area contributed by atoms with Gasteiger partial charge < -0.3 is 0 Å². The van der Waals surface area contributed by atoms with Crippen LogP contribution in [-0.2, 0) is 26.1 Å². The van der Waals surface area contributed by atoms with E-state index in [0.717, 1.165) is 0 Å². The van der Waals surface area contributed by atoms with E-state index in [4.69, 9.17) is 9.59 Å². The fourth-order valence-electron chi connectivity index (χ4n) is 0. The van der Waals surface area contributed by atoms with Crippen molar-refractivity contribution in [1.29, 1.82) is 0 Å². The van der Waals surface area contributed by atoms with E-state index in [-0.39, 0.29) is 29.1 Å². The van der Waals surface area contributed by atoms with E-state index in [1.165, 1.54) is 0 Å². The Hall–Kier alpha value is -0.166. The number of aldehydes is 2. The zero-order valence-electron chi connectivity index (χ0n) is 2.29. The summed E-state index contributed by atoms with van der Waals surface area (Å²) in [6.45, 7) is 0. The molecule has 0 heterocycles. The van der Waals surface area contributed by atoms with Crippen LogP contribution in [0.4, 0.5) is 0 Å². The predicted octanol–water partition coefficient (Wildman–Crippen LogP) is -0.618. The number of hydrogen-bond donors (Lipinski definition) is 0. The smallest absolute Gasteiger partial charge is 0.182 e. The maximum absolute atomic E-state index is 8.81. The summed E-state index contributed by atoms with van der Waals surface area (Å²) in [4.78, 5) is 17.6. The van der Waals surface area contributed by atoms with Crippen LogP contribution in [0.2, 0.25) is 0 Å². The fourth-order valence-corrected chi connectivity index (χ4v) is 0. The Balaban J connectivity index is 0. The number of rotatable bonds is 1. The largest absolute Gasteiger partial charge is 0.295 e. The number of carbonyl (C=O) groups excluding carboxylic acids is 2. The minimum absolute atomic E-state index is 0. The Morgan fingerprint density at radius 1 is 1.00 bits per heavy atom. The minimum atomic E-state index is 0. The minimum Gasteiger partial charge on any atom is -0.295 e. The first-order valence-corrected chi connectivity index (χ1v) is 0.805. The van der Waals surface area contributed by atoms with Crippen molar-refractivity contribution >= 4 is 12.6 Å². The molecular weight excluding hydrogens is 115 g/mol. The van der Waals surface area contributed by atoms with Gasteiger partial charge in [-0.05, 0) is 0 Å². The van der Waals surface area contributed by atoms with Crippen LogP contribution in [0.25, 0.3) is 0 Å². The van der Waals surface area contributed by atoms with E-state index < -0.39 is 0 Å². The summed E-state index contributed by atoms with van der Waals surface area (Å²) in [5, 5.41) is 0. The predicted molar refractivity (Wildman–Crippen MR) is 12.1 cm³/mol. The molecule has 0 rings (SSSR count). The maximum Gasteiger partial charge on any atom is 0.182 e. The van der Waals surface area contributed by atoms with E-state index in [9.17, 15) is 0 Å². The van der Waals surface area contributed by atoms with Gasteiger partial charge in [0.05, 0.1) is 0 Å². The summed E-state index contributed by atoms with van der Waals surface area (Å²) in [5.41, 5.74) is 0. The van der Waals surface area contributed by atoms with E-state index in [1.807, 2.05) is 0 Å². The topological polar surface area (TPSA) is 34.1 Å². The van der Waals surface area contributed by atoms with Gasteiger partial charge in [-0.2, -0.15) is 0 Å². The van der Waals surface area contributed by atoms with Gasteiger partial charge in [-0.1, -0.05) is 0 Å². The fraction of sp³-hybridized carbons (Fsp3) is 0. The van der Waals surface area contributed by atoms with Gasteiger partial charge in [-0.15, -0.1) is 0 Å². The summed E-state index contributed by atoms with van der Waals surface area (Å²) < 4.78 is 0. The van der Waals surface area contributed by atoms with Crippen molar-refractivity contribution in [2.45, 2.75) is 0 Å². The molecule has 0 fully saturated rings. The van der Waals surface area contributed by atoms with Gasteiger partial charge >= 0.3 is 0 Å². The Labute approximate surface area is 39.5 Å². The second kappa shape index (κ2) is 9.16. The molecule has 0 radical (unpaired) electrons. The second-order valence-corrected chi connectivity index (χ2v) is 0.272. The third kappa shape index (κ3) is 18.5. The molecule has 0 bridgehead atoms. The summed E-state index contributed by atoms with van der Waals surface area (Å²) in [5.74, 6) is 0. The Bertz CT molecular complexity index is 28.6. The molecular formula is C2H2NiO2. The van der Waals surface area contributed by atoms with Crippen LogP contribution in [0.1, 0.15) is 0 Å². The van der Waals surface area contributed by atoms with Gasteiger partial charge in [-0.25, -0.2) is 0 Å². The van der Waals surface area contributed by atoms with Crippen molar-refractivity contribution in [1.82, 2.24) is 0 Å². The third-order valence-corrected chi connectivity index (χ3v) is 0.0556. The standard InChI is InChI=1S/C2H2O2.Ni/c3-1-2-4;/h1-2H;. The van der Waals surface area contributed by atoms with Crippen molar-refractivity contribution < 1.29 is 26.1 Å². The normalized spacial score (nSPS) is 4.00. The van der Waals surface area contributed by atoms with Crippen LogP contribution in [-0.4, -0.2) is 12.6 Å². The summed E-state index contributed by atoms with van der Waals surface area (Å²) in [6.07, 6.45) is 0.389. The molecule has 0 saturated carbocycles. The Kier molecular flexibility index (Phi) is 16.2. The van der Waals surface area contributed by atoms with Crippen molar-refractivity contribution in [3.8, 4) is 0 Å². The Morgan fingerprint density at radius 3 is 1.20 bits per heavy atom. The molecule has 0 aliphatic heterocycles. The molecule has 3 heteroatoms. The molecule has 32 valence electrons. The van der Waals surface area contributed by atoms with Gasteiger partial charge in [0.1, 0.15) is 0 Å². The first kappa shape index (κ1) is 8.85. The average molecular weight is 117 g/mol. The van der Waals surface area contributed by atoms with Gasteiger partial charge in [0.2, 0.25) is 0 Å². The van der Waals surface area contributed by atoms with Crippen LogP contribution in [0.15, 0.2) is 0 Å². The molecule has 0 spiro atoms. The van der Waals surface area contributed by atoms with Crippen LogP contribution >= 0.6 is 0 Å². The van der Waals surface area contributed by atoms with E-state index >= 15 is 0 Å². The molecule has 0 aromatic heterocycles. The zero-order valence-corrected chi connectivity index (χ0v) is 3.28. The quantitative estimate of drug-likeness (QED) is 0.260. The van der Waals surface area contributed by atoms with Gasteiger partial charge in [0.25, 0.3) is 0 Å². The maximum atomic E-state index is 8.81. The average Bonchev–Trinajstić information content (AvgIpc) is 1.37. The monoisotopic (exact) mass is 116 g/mol. The van der Waals surface area contributed by atoms with Crippen LogP contribution in [0, 0.1) is 0 Å². The van der Waals surface area contributed by atoms with Crippen LogP contribution in [0.5, 0.6) is 0 Å². The van der Waals surface area contributed by atoms with Crippen LogP contribution in [0.3, 0.4) is 0 Å². The SMILES string of the molecule is O=CC=O.[Ni]. The molecule has 0 unspecified atom stereocenters. The van der Waals surface area contributed by atoms with Crippen molar-refractivity contribution in [2.24, 2.45) is 0 Å². The van der Waals surface area contributed by atoms with Crippen LogP contribution < -0.4 is 0 Å². The molecule has 2 nitrogen and oxygen atoms in total. The molecule has 0 aliphatic rings. The molecule has 0 amide bonds. The van der Waals surface area contributed by atoms with Gasteiger partial charge in [-0.3, -0.25) is 9.59 Å². The summed E-state index contributed by atoms with van der Waals surface area (Å²) in [6, 6.07) is 0. The van der Waals surface area contributed by atoms with E-state index in [0.29, 0.717) is 0 Å². The first-order chi connectivity index (χ1) is 1.91. The molecule has 0 aromatic rings. The molecule has 0 aliphatic carbocycles. The second-order valence-electron chi connectivity index (χ2n) is 0.272. The molecule has 5 heavy (non-hydrogen) atoms. The first-order valence-electron chi connectivity index (χ1n) is 0.805. The van der Waals surface area contributed by atoms with Gasteiger partial charge in [0, 0.05) is 16.5 Å². The van der Waals surface area contributed by atoms with Gasteiger partial charge in [0.15, 0.2) is 12.6 Å². The van der Waals surface area contributed by atoms with Crippen molar-refractivity contribution in [3.63, 3.8) is 0 Å². The molecule has 0 saturated heterocycles. The summed E-state index contributed by atoms with van der Waals surface area (Å²) in [7, 11) is 0. The van der Waals surface area contributed by atoms with E-state index in [1.54, 1.807) is 0 Å². The zero-order chi connectivity index (χ0) is 3.41. The molecule has 0 atom stereocenters.